The number of fused-ring (bicyclic) bond motifs is 10. The summed E-state index contributed by atoms with van der Waals surface area (Å²) in [6, 6.07) is 58.4. The first-order chi connectivity index (χ1) is 24.3. The van der Waals surface area contributed by atoms with Crippen molar-refractivity contribution in [3.63, 3.8) is 0 Å². The van der Waals surface area contributed by atoms with Gasteiger partial charge in [0.25, 0.3) is 0 Å². The van der Waals surface area contributed by atoms with Gasteiger partial charge in [-0.1, -0.05) is 140 Å². The minimum atomic E-state index is -0.407. The van der Waals surface area contributed by atoms with Gasteiger partial charge in [-0.15, -0.1) is 0 Å². The van der Waals surface area contributed by atoms with Crippen molar-refractivity contribution in [2.24, 2.45) is 0 Å². The second-order valence-electron chi connectivity index (χ2n) is 12.8. The maximum Gasteiger partial charge on any atom is 0.160 e. The molecule has 3 nitrogen and oxygen atoms in total. The molecule has 1 spiro atoms. The first-order valence-corrected chi connectivity index (χ1v) is 16.7. The predicted octanol–water partition coefficient (Wildman–Crippen LogP) is 10.9. The third-order valence-electron chi connectivity index (χ3n) is 10.2. The summed E-state index contributed by atoms with van der Waals surface area (Å²) in [6.07, 6.45) is 3.98. The molecule has 0 aliphatic heterocycles. The van der Waals surface area contributed by atoms with Gasteiger partial charge >= 0.3 is 0 Å². The quantitative estimate of drug-likeness (QED) is 0.196. The van der Waals surface area contributed by atoms with E-state index in [9.17, 15) is 0 Å². The Bertz CT molecular complexity index is 2430. The zero-order valence-corrected chi connectivity index (χ0v) is 26.6. The molecule has 0 amide bonds. The Balaban J connectivity index is 1.15. The molecule has 3 heteroatoms. The van der Waals surface area contributed by atoms with Crippen LogP contribution < -0.4 is 0 Å². The van der Waals surface area contributed by atoms with E-state index in [4.69, 9.17) is 9.97 Å². The van der Waals surface area contributed by atoms with Crippen molar-refractivity contribution >= 4 is 0 Å². The summed E-state index contributed by atoms with van der Waals surface area (Å²) in [5.41, 5.74) is 17.1. The molecule has 2 aliphatic carbocycles. The van der Waals surface area contributed by atoms with Crippen molar-refractivity contribution in [1.82, 2.24) is 15.0 Å². The number of pyridine rings is 1. The van der Waals surface area contributed by atoms with Crippen LogP contribution in [0.1, 0.15) is 22.3 Å². The Hall–Kier alpha value is -6.45. The van der Waals surface area contributed by atoms with Gasteiger partial charge in [-0.25, -0.2) is 9.97 Å². The molecule has 228 valence electrons. The van der Waals surface area contributed by atoms with Crippen LogP contribution in [-0.2, 0) is 5.41 Å². The molecule has 0 saturated heterocycles. The predicted molar refractivity (Wildman–Crippen MR) is 198 cm³/mol. The molecule has 0 unspecified atom stereocenters. The van der Waals surface area contributed by atoms with Gasteiger partial charge < -0.3 is 0 Å². The number of hydrogen-bond acceptors (Lipinski definition) is 3. The molecule has 0 saturated carbocycles. The zero-order valence-electron chi connectivity index (χ0n) is 26.6. The summed E-state index contributed by atoms with van der Waals surface area (Å²) in [5.74, 6) is 0.715. The highest BCUT2D eigenvalue weighted by molar-refractivity contribution is 5.95. The smallest absolute Gasteiger partial charge is 0.160 e. The molecule has 0 atom stereocenters. The van der Waals surface area contributed by atoms with Gasteiger partial charge in [0.1, 0.15) is 0 Å². The standard InChI is InChI=1S/C46H29N3/c1-3-12-30(13-4-1)43-28-44(49-45(48-43)31-14-5-2-6-15-31)34-17-11-16-32(26-34)33-22-23-37-38-29-47-25-24-41(38)46(42(37)27-33)39-20-9-7-18-35(39)36-19-8-10-21-40(36)46/h1-29H. The van der Waals surface area contributed by atoms with Crippen LogP contribution in [0.5, 0.6) is 0 Å². The Morgan fingerprint density at radius 3 is 1.63 bits per heavy atom. The van der Waals surface area contributed by atoms with E-state index in [0.717, 1.165) is 33.6 Å². The van der Waals surface area contributed by atoms with Crippen molar-refractivity contribution in [1.29, 1.82) is 0 Å². The summed E-state index contributed by atoms with van der Waals surface area (Å²) < 4.78 is 0. The molecule has 10 rings (SSSR count). The summed E-state index contributed by atoms with van der Waals surface area (Å²) in [4.78, 5) is 14.7. The summed E-state index contributed by atoms with van der Waals surface area (Å²) in [7, 11) is 0. The molecule has 49 heavy (non-hydrogen) atoms. The maximum absolute atomic E-state index is 5.11. The normalized spacial score (nSPS) is 13.1. The number of benzene rings is 6. The van der Waals surface area contributed by atoms with Crippen molar-refractivity contribution in [2.45, 2.75) is 5.41 Å². The summed E-state index contributed by atoms with van der Waals surface area (Å²) >= 11 is 0. The topological polar surface area (TPSA) is 38.7 Å². The molecule has 0 radical (unpaired) electrons. The number of rotatable bonds is 4. The van der Waals surface area contributed by atoms with Gasteiger partial charge in [-0.05, 0) is 74.3 Å². The lowest BCUT2D eigenvalue weighted by Gasteiger charge is -2.30. The second-order valence-corrected chi connectivity index (χ2v) is 12.8. The fraction of sp³-hybridized carbons (Fsp3) is 0.0217. The molecule has 2 aromatic heterocycles. The molecule has 6 aromatic carbocycles. The number of aromatic nitrogens is 3. The highest BCUT2D eigenvalue weighted by Gasteiger charge is 2.51. The van der Waals surface area contributed by atoms with Crippen molar-refractivity contribution in [3.05, 3.63) is 198 Å². The molecular formula is C46H29N3. The van der Waals surface area contributed by atoms with E-state index in [2.05, 4.69) is 145 Å². The van der Waals surface area contributed by atoms with Crippen molar-refractivity contribution in [3.8, 4) is 67.3 Å². The Labute approximate surface area is 285 Å². The fourth-order valence-electron chi connectivity index (χ4n) is 8.09. The van der Waals surface area contributed by atoms with Crippen LogP contribution >= 0.6 is 0 Å². The largest absolute Gasteiger partial charge is 0.264 e. The minimum Gasteiger partial charge on any atom is -0.264 e. The van der Waals surface area contributed by atoms with E-state index in [1.807, 2.05) is 36.7 Å². The monoisotopic (exact) mass is 623 g/mol. The Kier molecular flexibility index (Phi) is 6.09. The lowest BCUT2D eigenvalue weighted by Crippen LogP contribution is -2.25. The highest BCUT2D eigenvalue weighted by Crippen LogP contribution is 2.62. The first kappa shape index (κ1) is 27.6. The van der Waals surface area contributed by atoms with Crippen LogP contribution in [0.3, 0.4) is 0 Å². The maximum atomic E-state index is 5.11. The lowest BCUT2D eigenvalue weighted by molar-refractivity contribution is 0.792. The Morgan fingerprint density at radius 2 is 0.898 bits per heavy atom. The molecular weight excluding hydrogens is 595 g/mol. The van der Waals surface area contributed by atoms with Crippen LogP contribution in [0.4, 0.5) is 0 Å². The third-order valence-corrected chi connectivity index (χ3v) is 10.2. The SMILES string of the molecule is c1ccc(-c2cc(-c3cccc(-c4ccc5c(c4)C4(c6ccccc6-c6ccccc64)c4ccncc4-5)c3)nc(-c3ccccc3)n2)cc1. The van der Waals surface area contributed by atoms with E-state index < -0.39 is 5.41 Å². The van der Waals surface area contributed by atoms with Gasteiger partial charge in [0.15, 0.2) is 5.82 Å². The summed E-state index contributed by atoms with van der Waals surface area (Å²) in [6.45, 7) is 0. The lowest BCUT2D eigenvalue weighted by atomic mass is 9.70. The van der Waals surface area contributed by atoms with Crippen LogP contribution in [0.2, 0.25) is 0 Å². The van der Waals surface area contributed by atoms with Gasteiger partial charge in [-0.3, -0.25) is 4.98 Å². The van der Waals surface area contributed by atoms with Crippen molar-refractivity contribution in [2.75, 3.05) is 0 Å². The molecule has 2 aliphatic rings. The molecule has 0 fully saturated rings. The third kappa shape index (κ3) is 4.12. The van der Waals surface area contributed by atoms with E-state index in [0.29, 0.717) is 5.82 Å². The average Bonchev–Trinajstić information content (AvgIpc) is 3.66. The zero-order chi connectivity index (χ0) is 32.4. The second kappa shape index (κ2) is 10.8. The van der Waals surface area contributed by atoms with Crippen LogP contribution in [0.25, 0.3) is 67.3 Å². The summed E-state index contributed by atoms with van der Waals surface area (Å²) in [5, 5.41) is 0. The van der Waals surface area contributed by atoms with Gasteiger partial charge in [-0.2, -0.15) is 0 Å². The van der Waals surface area contributed by atoms with Gasteiger partial charge in [0, 0.05) is 34.6 Å². The van der Waals surface area contributed by atoms with E-state index in [-0.39, 0.29) is 0 Å². The van der Waals surface area contributed by atoms with Gasteiger partial charge in [0.05, 0.1) is 16.8 Å². The fourth-order valence-corrected chi connectivity index (χ4v) is 8.09. The highest BCUT2D eigenvalue weighted by atomic mass is 14.9. The number of nitrogens with zero attached hydrogens (tertiary/aromatic N) is 3. The first-order valence-electron chi connectivity index (χ1n) is 16.7. The molecule has 0 bridgehead atoms. The van der Waals surface area contributed by atoms with E-state index >= 15 is 0 Å². The van der Waals surface area contributed by atoms with E-state index in [1.165, 1.54) is 50.1 Å². The van der Waals surface area contributed by atoms with Crippen LogP contribution in [-0.4, -0.2) is 15.0 Å². The van der Waals surface area contributed by atoms with Gasteiger partial charge in [0.2, 0.25) is 0 Å². The number of hydrogen-bond donors (Lipinski definition) is 0. The molecule has 0 N–H and O–H groups in total. The molecule has 2 heterocycles. The van der Waals surface area contributed by atoms with Crippen LogP contribution in [0.15, 0.2) is 176 Å². The van der Waals surface area contributed by atoms with Crippen LogP contribution in [0, 0.1) is 0 Å². The molecule has 8 aromatic rings. The average molecular weight is 624 g/mol. The Morgan fingerprint density at radius 1 is 0.347 bits per heavy atom. The minimum absolute atomic E-state index is 0.407. The van der Waals surface area contributed by atoms with Crippen molar-refractivity contribution < 1.29 is 0 Å². The van der Waals surface area contributed by atoms with E-state index in [1.54, 1.807) is 0 Å².